The normalized spacial score (nSPS) is 10.8. The molecule has 0 aliphatic carbocycles. The number of hydrogen-bond donors (Lipinski definition) is 1. The van der Waals surface area contributed by atoms with Crippen LogP contribution in [0.3, 0.4) is 0 Å². The Bertz CT molecular complexity index is 687. The van der Waals surface area contributed by atoms with Gasteiger partial charge in [-0.3, -0.25) is 4.79 Å². The zero-order valence-corrected chi connectivity index (χ0v) is 11.1. The summed E-state index contributed by atoms with van der Waals surface area (Å²) < 4.78 is 39.5. The summed E-state index contributed by atoms with van der Waals surface area (Å²) in [6.45, 7) is 3.41. The summed E-state index contributed by atoms with van der Waals surface area (Å²) in [5.41, 5.74) is 0.0659. The van der Waals surface area contributed by atoms with E-state index in [4.69, 9.17) is 0 Å². The third kappa shape index (κ3) is 2.59. The van der Waals surface area contributed by atoms with Crippen LogP contribution in [0.2, 0.25) is 0 Å². The van der Waals surface area contributed by atoms with Gasteiger partial charge >= 0.3 is 0 Å². The van der Waals surface area contributed by atoms with E-state index in [0.717, 1.165) is 18.6 Å². The summed E-state index contributed by atoms with van der Waals surface area (Å²) in [5.74, 6) is -3.72. The summed E-state index contributed by atoms with van der Waals surface area (Å²) in [4.78, 5) is 18.6. The van der Waals surface area contributed by atoms with Crippen molar-refractivity contribution in [2.75, 3.05) is 0 Å². The molecule has 1 heterocycles. The van der Waals surface area contributed by atoms with Gasteiger partial charge < -0.3 is 4.98 Å². The van der Waals surface area contributed by atoms with Crippen LogP contribution in [-0.4, -0.2) is 9.97 Å². The molecule has 0 fully saturated rings. The second kappa shape index (κ2) is 5.48. The Balaban J connectivity index is 2.65. The first kappa shape index (κ1) is 14.3. The van der Waals surface area contributed by atoms with E-state index in [1.807, 2.05) is 6.92 Å². The molecule has 0 aliphatic rings. The van der Waals surface area contributed by atoms with Gasteiger partial charge in [-0.15, -0.1) is 0 Å². The van der Waals surface area contributed by atoms with Crippen molar-refractivity contribution < 1.29 is 13.2 Å². The molecule has 0 atom stereocenters. The average Bonchev–Trinajstić information content (AvgIpc) is 2.39. The molecule has 0 unspecified atom stereocenters. The van der Waals surface area contributed by atoms with Crippen molar-refractivity contribution in [3.05, 3.63) is 51.3 Å². The van der Waals surface area contributed by atoms with Crippen LogP contribution in [0.15, 0.2) is 16.9 Å². The molecule has 0 aliphatic heterocycles. The molecular formula is C14H13F3N2O. The zero-order valence-electron chi connectivity index (χ0n) is 11.1. The van der Waals surface area contributed by atoms with E-state index in [2.05, 4.69) is 9.97 Å². The first-order chi connectivity index (χ1) is 9.43. The molecule has 0 bridgehead atoms. The molecule has 0 amide bonds. The summed E-state index contributed by atoms with van der Waals surface area (Å²) in [5, 5.41) is 0. The first-order valence-corrected chi connectivity index (χ1v) is 6.18. The average molecular weight is 282 g/mol. The first-order valence-electron chi connectivity index (χ1n) is 6.18. The molecular weight excluding hydrogens is 269 g/mol. The van der Waals surface area contributed by atoms with E-state index >= 15 is 0 Å². The van der Waals surface area contributed by atoms with Crippen LogP contribution in [0, 0.1) is 24.4 Å². The highest BCUT2D eigenvalue weighted by molar-refractivity contribution is 5.62. The lowest BCUT2D eigenvalue weighted by atomic mass is 10.1. The van der Waals surface area contributed by atoms with E-state index in [1.165, 1.54) is 6.92 Å². The standard InChI is InChI=1S/C14H13F3N2O/c1-3-4-11-18-13(7(2)14(20)19-11)8-5-9(15)12(17)10(16)6-8/h5-6H,3-4H2,1-2H3,(H,18,19,20). The predicted molar refractivity (Wildman–Crippen MR) is 68.9 cm³/mol. The Morgan fingerprint density at radius 3 is 2.35 bits per heavy atom. The number of aromatic amines is 1. The van der Waals surface area contributed by atoms with E-state index in [0.29, 0.717) is 12.2 Å². The number of rotatable bonds is 3. The summed E-state index contributed by atoms with van der Waals surface area (Å²) >= 11 is 0. The van der Waals surface area contributed by atoms with Gasteiger partial charge in [-0.1, -0.05) is 6.92 Å². The Hall–Kier alpha value is -2.11. The second-order valence-electron chi connectivity index (χ2n) is 4.49. The number of aryl methyl sites for hydroxylation is 1. The molecule has 0 saturated heterocycles. The van der Waals surface area contributed by atoms with Crippen molar-refractivity contribution in [1.29, 1.82) is 0 Å². The molecule has 106 valence electrons. The predicted octanol–water partition coefficient (Wildman–Crippen LogP) is 3.12. The third-order valence-corrected chi connectivity index (χ3v) is 2.94. The van der Waals surface area contributed by atoms with Gasteiger partial charge in [0.25, 0.3) is 5.56 Å². The van der Waals surface area contributed by atoms with Crippen molar-refractivity contribution in [1.82, 2.24) is 9.97 Å². The van der Waals surface area contributed by atoms with Crippen molar-refractivity contribution in [2.45, 2.75) is 26.7 Å². The van der Waals surface area contributed by atoms with Crippen LogP contribution in [0.25, 0.3) is 11.3 Å². The number of aromatic nitrogens is 2. The van der Waals surface area contributed by atoms with Gasteiger partial charge in [0, 0.05) is 17.5 Å². The Morgan fingerprint density at radius 2 is 1.80 bits per heavy atom. The molecule has 0 saturated carbocycles. The maximum atomic E-state index is 13.3. The highest BCUT2D eigenvalue weighted by Gasteiger charge is 2.15. The molecule has 20 heavy (non-hydrogen) atoms. The lowest BCUT2D eigenvalue weighted by molar-refractivity contribution is 0.447. The molecule has 0 spiro atoms. The van der Waals surface area contributed by atoms with Crippen molar-refractivity contribution in [3.8, 4) is 11.3 Å². The highest BCUT2D eigenvalue weighted by Crippen LogP contribution is 2.23. The second-order valence-corrected chi connectivity index (χ2v) is 4.49. The van der Waals surface area contributed by atoms with Crippen molar-refractivity contribution >= 4 is 0 Å². The lowest BCUT2D eigenvalue weighted by Gasteiger charge is -2.08. The quantitative estimate of drug-likeness (QED) is 0.879. The number of hydrogen-bond acceptors (Lipinski definition) is 2. The number of H-pyrrole nitrogens is 1. The molecule has 1 N–H and O–H groups in total. The Kier molecular flexibility index (Phi) is 3.92. The van der Waals surface area contributed by atoms with Crippen LogP contribution < -0.4 is 5.56 Å². The molecule has 2 rings (SSSR count). The van der Waals surface area contributed by atoms with E-state index in [-0.39, 0.29) is 22.4 Å². The number of halogens is 3. The zero-order chi connectivity index (χ0) is 14.9. The van der Waals surface area contributed by atoms with Gasteiger partial charge in [0.05, 0.1) is 5.69 Å². The van der Waals surface area contributed by atoms with Crippen LogP contribution in [-0.2, 0) is 6.42 Å². The topological polar surface area (TPSA) is 45.8 Å². The van der Waals surface area contributed by atoms with Crippen LogP contribution in [0.4, 0.5) is 13.2 Å². The van der Waals surface area contributed by atoms with Gasteiger partial charge in [-0.25, -0.2) is 18.2 Å². The number of nitrogens with zero attached hydrogens (tertiary/aromatic N) is 1. The van der Waals surface area contributed by atoms with E-state index < -0.39 is 17.5 Å². The minimum Gasteiger partial charge on any atom is -0.310 e. The van der Waals surface area contributed by atoms with Crippen LogP contribution >= 0.6 is 0 Å². The SMILES string of the molecule is CCCc1nc(-c2cc(F)c(F)c(F)c2)c(C)c(=O)[nH]1. The van der Waals surface area contributed by atoms with E-state index in [1.54, 1.807) is 0 Å². The Morgan fingerprint density at radius 1 is 1.20 bits per heavy atom. The minimum atomic E-state index is -1.54. The molecule has 2 aromatic rings. The smallest absolute Gasteiger partial charge is 0.254 e. The molecule has 3 nitrogen and oxygen atoms in total. The van der Waals surface area contributed by atoms with E-state index in [9.17, 15) is 18.0 Å². The molecule has 6 heteroatoms. The number of benzene rings is 1. The fraction of sp³-hybridized carbons (Fsp3) is 0.286. The van der Waals surface area contributed by atoms with Crippen molar-refractivity contribution in [2.24, 2.45) is 0 Å². The molecule has 1 aromatic heterocycles. The van der Waals surface area contributed by atoms with Gasteiger partial charge in [-0.2, -0.15) is 0 Å². The number of nitrogens with one attached hydrogen (secondary N) is 1. The monoisotopic (exact) mass is 282 g/mol. The summed E-state index contributed by atoms with van der Waals surface area (Å²) in [7, 11) is 0. The van der Waals surface area contributed by atoms with Gasteiger partial charge in [-0.05, 0) is 25.5 Å². The minimum absolute atomic E-state index is 0.0438. The Labute approximate surface area is 113 Å². The maximum Gasteiger partial charge on any atom is 0.254 e. The molecule has 1 aromatic carbocycles. The fourth-order valence-corrected chi connectivity index (χ4v) is 1.91. The van der Waals surface area contributed by atoms with Gasteiger partial charge in [0.15, 0.2) is 17.5 Å². The van der Waals surface area contributed by atoms with Crippen molar-refractivity contribution in [3.63, 3.8) is 0 Å². The van der Waals surface area contributed by atoms with Gasteiger partial charge in [0.1, 0.15) is 5.82 Å². The summed E-state index contributed by atoms with van der Waals surface area (Å²) in [6.07, 6.45) is 1.30. The van der Waals surface area contributed by atoms with Crippen LogP contribution in [0.1, 0.15) is 24.7 Å². The van der Waals surface area contributed by atoms with Gasteiger partial charge in [0.2, 0.25) is 0 Å². The highest BCUT2D eigenvalue weighted by atomic mass is 19.2. The third-order valence-electron chi connectivity index (χ3n) is 2.94. The summed E-state index contributed by atoms with van der Waals surface area (Å²) in [6, 6.07) is 1.67. The van der Waals surface area contributed by atoms with Crippen LogP contribution in [0.5, 0.6) is 0 Å². The lowest BCUT2D eigenvalue weighted by Crippen LogP contribution is -2.16. The molecule has 0 radical (unpaired) electrons. The fourth-order valence-electron chi connectivity index (χ4n) is 1.91. The largest absolute Gasteiger partial charge is 0.310 e. The maximum absolute atomic E-state index is 13.3.